The molecule has 0 bridgehead atoms. The van der Waals surface area contributed by atoms with Crippen LogP contribution in [0.2, 0.25) is 0 Å². The Kier molecular flexibility index (Phi) is 5.43. The Bertz CT molecular complexity index is 634. The molecule has 1 unspecified atom stereocenters. The summed E-state index contributed by atoms with van der Waals surface area (Å²) >= 11 is 0. The number of piperidine rings is 1. The summed E-state index contributed by atoms with van der Waals surface area (Å²) in [6, 6.07) is 4.47. The summed E-state index contributed by atoms with van der Waals surface area (Å²) < 4.78 is 5.37. The molecule has 0 amide bonds. The van der Waals surface area contributed by atoms with Gasteiger partial charge in [-0.05, 0) is 70.4 Å². The molecule has 5 nitrogen and oxygen atoms in total. The molecule has 0 aliphatic carbocycles. The van der Waals surface area contributed by atoms with Crippen LogP contribution in [-0.4, -0.2) is 52.0 Å². The van der Waals surface area contributed by atoms with Crippen molar-refractivity contribution in [2.24, 2.45) is 0 Å². The molecule has 0 N–H and O–H groups in total. The van der Waals surface area contributed by atoms with Gasteiger partial charge in [-0.15, -0.1) is 0 Å². The highest BCUT2D eigenvalue weighted by atomic mass is 16.3. The summed E-state index contributed by atoms with van der Waals surface area (Å²) in [4.78, 5) is 14.2. The Morgan fingerprint density at radius 1 is 1.04 bits per heavy atom. The Morgan fingerprint density at radius 3 is 2.60 bits per heavy atom. The van der Waals surface area contributed by atoms with Crippen molar-refractivity contribution in [1.29, 1.82) is 0 Å². The van der Waals surface area contributed by atoms with E-state index in [-0.39, 0.29) is 0 Å². The molecule has 0 spiro atoms. The average molecular weight is 340 g/mol. The molecule has 0 saturated carbocycles. The van der Waals surface area contributed by atoms with E-state index < -0.39 is 0 Å². The van der Waals surface area contributed by atoms with Crippen molar-refractivity contribution in [3.63, 3.8) is 0 Å². The first-order valence-corrected chi connectivity index (χ1v) is 9.70. The first-order valence-electron chi connectivity index (χ1n) is 9.70. The van der Waals surface area contributed by atoms with Crippen LogP contribution >= 0.6 is 0 Å². The SMILES string of the molecule is c1coc(-c2ncc(CN3CCCCC3CCN3CCCC3)cn2)c1. The molecule has 4 heterocycles. The fourth-order valence-corrected chi connectivity index (χ4v) is 4.14. The zero-order valence-electron chi connectivity index (χ0n) is 14.9. The third-order valence-electron chi connectivity index (χ3n) is 5.56. The summed E-state index contributed by atoms with van der Waals surface area (Å²) in [7, 11) is 0. The van der Waals surface area contributed by atoms with Crippen LogP contribution in [0.1, 0.15) is 44.1 Å². The second-order valence-electron chi connectivity index (χ2n) is 7.35. The third kappa shape index (κ3) is 4.28. The van der Waals surface area contributed by atoms with Gasteiger partial charge in [0.1, 0.15) is 0 Å². The smallest absolute Gasteiger partial charge is 0.195 e. The number of rotatable bonds is 6. The van der Waals surface area contributed by atoms with Crippen LogP contribution in [0.4, 0.5) is 0 Å². The van der Waals surface area contributed by atoms with E-state index in [4.69, 9.17) is 4.42 Å². The highest BCUT2D eigenvalue weighted by Gasteiger charge is 2.24. The minimum atomic E-state index is 0.665. The predicted octanol–water partition coefficient (Wildman–Crippen LogP) is 3.58. The summed E-state index contributed by atoms with van der Waals surface area (Å²) in [5.74, 6) is 1.39. The van der Waals surface area contributed by atoms with E-state index in [0.717, 1.165) is 12.3 Å². The third-order valence-corrected chi connectivity index (χ3v) is 5.56. The van der Waals surface area contributed by atoms with Crippen LogP contribution in [0, 0.1) is 0 Å². The van der Waals surface area contributed by atoms with Crippen molar-refractivity contribution in [2.45, 2.75) is 51.1 Å². The molecule has 25 heavy (non-hydrogen) atoms. The first-order chi connectivity index (χ1) is 12.4. The molecule has 1 atom stereocenters. The molecule has 5 heteroatoms. The van der Waals surface area contributed by atoms with Crippen LogP contribution in [-0.2, 0) is 6.54 Å². The normalized spacial score (nSPS) is 22.5. The molecule has 2 aromatic rings. The fourth-order valence-electron chi connectivity index (χ4n) is 4.14. The quantitative estimate of drug-likeness (QED) is 0.804. The van der Waals surface area contributed by atoms with Crippen LogP contribution in [0.25, 0.3) is 11.6 Å². The lowest BCUT2D eigenvalue weighted by Gasteiger charge is -2.36. The van der Waals surface area contributed by atoms with Crippen LogP contribution < -0.4 is 0 Å². The number of hydrogen-bond donors (Lipinski definition) is 0. The molecule has 0 aromatic carbocycles. The topological polar surface area (TPSA) is 45.4 Å². The zero-order valence-corrected chi connectivity index (χ0v) is 14.9. The van der Waals surface area contributed by atoms with E-state index in [1.807, 2.05) is 24.5 Å². The summed E-state index contributed by atoms with van der Waals surface area (Å²) in [5, 5.41) is 0. The molecule has 2 aromatic heterocycles. The van der Waals surface area contributed by atoms with Gasteiger partial charge >= 0.3 is 0 Å². The minimum Gasteiger partial charge on any atom is -0.461 e. The van der Waals surface area contributed by atoms with Gasteiger partial charge in [-0.1, -0.05) is 6.42 Å². The number of furan rings is 1. The monoisotopic (exact) mass is 340 g/mol. The lowest BCUT2D eigenvalue weighted by atomic mass is 9.98. The first kappa shape index (κ1) is 16.7. The van der Waals surface area contributed by atoms with Crippen LogP contribution in [0.3, 0.4) is 0 Å². The zero-order chi connectivity index (χ0) is 16.9. The van der Waals surface area contributed by atoms with Crippen molar-refractivity contribution in [3.8, 4) is 11.6 Å². The minimum absolute atomic E-state index is 0.665. The van der Waals surface area contributed by atoms with Crippen molar-refractivity contribution in [1.82, 2.24) is 19.8 Å². The molecule has 2 aliphatic heterocycles. The van der Waals surface area contributed by atoms with Gasteiger partial charge in [-0.2, -0.15) is 0 Å². The molecular formula is C20H28N4O. The molecule has 134 valence electrons. The lowest BCUT2D eigenvalue weighted by Crippen LogP contribution is -2.41. The molecule has 2 fully saturated rings. The molecule has 0 radical (unpaired) electrons. The Balaban J connectivity index is 1.35. The number of likely N-dealkylation sites (tertiary alicyclic amines) is 2. The van der Waals surface area contributed by atoms with Crippen molar-refractivity contribution < 1.29 is 4.42 Å². The summed E-state index contributed by atoms with van der Waals surface area (Å²) in [6.07, 6.45) is 13.6. The van der Waals surface area contributed by atoms with Gasteiger partial charge in [0.05, 0.1) is 6.26 Å². The van der Waals surface area contributed by atoms with Crippen molar-refractivity contribution in [2.75, 3.05) is 26.2 Å². The lowest BCUT2D eigenvalue weighted by molar-refractivity contribution is 0.121. The number of aromatic nitrogens is 2. The van der Waals surface area contributed by atoms with Crippen molar-refractivity contribution in [3.05, 3.63) is 36.4 Å². The van der Waals surface area contributed by atoms with E-state index in [1.54, 1.807) is 6.26 Å². The number of hydrogen-bond acceptors (Lipinski definition) is 5. The predicted molar refractivity (Wildman–Crippen MR) is 98.1 cm³/mol. The standard InChI is InChI=1S/C20H28N4O/c1-2-11-24(18(6-1)8-12-23-9-3-4-10-23)16-17-14-21-20(22-15-17)19-7-5-13-25-19/h5,7,13-15,18H,1-4,6,8-12,16H2. The highest BCUT2D eigenvalue weighted by molar-refractivity contribution is 5.45. The summed E-state index contributed by atoms with van der Waals surface area (Å²) in [6.45, 7) is 6.02. The number of nitrogens with zero attached hydrogens (tertiary/aromatic N) is 4. The van der Waals surface area contributed by atoms with Gasteiger partial charge in [0.2, 0.25) is 0 Å². The highest BCUT2D eigenvalue weighted by Crippen LogP contribution is 2.23. The Hall–Kier alpha value is -1.72. The molecule has 4 rings (SSSR count). The average Bonchev–Trinajstić information content (AvgIpc) is 3.36. The molecule has 2 saturated heterocycles. The van der Waals surface area contributed by atoms with Gasteiger partial charge in [-0.3, -0.25) is 4.90 Å². The van der Waals surface area contributed by atoms with E-state index >= 15 is 0 Å². The van der Waals surface area contributed by atoms with Gasteiger partial charge in [-0.25, -0.2) is 9.97 Å². The van der Waals surface area contributed by atoms with Crippen molar-refractivity contribution >= 4 is 0 Å². The van der Waals surface area contributed by atoms with Gasteiger partial charge < -0.3 is 9.32 Å². The van der Waals surface area contributed by atoms with Crippen LogP contribution in [0.5, 0.6) is 0 Å². The fraction of sp³-hybridized carbons (Fsp3) is 0.600. The van der Waals surface area contributed by atoms with Gasteiger partial charge in [0.25, 0.3) is 0 Å². The van der Waals surface area contributed by atoms with Gasteiger partial charge in [0.15, 0.2) is 11.6 Å². The Labute approximate surface area is 150 Å². The molecular weight excluding hydrogens is 312 g/mol. The summed E-state index contributed by atoms with van der Waals surface area (Å²) in [5.41, 5.74) is 1.20. The second kappa shape index (κ2) is 8.11. The maximum absolute atomic E-state index is 5.37. The Morgan fingerprint density at radius 2 is 1.84 bits per heavy atom. The largest absolute Gasteiger partial charge is 0.461 e. The van der Waals surface area contributed by atoms with E-state index in [2.05, 4.69) is 19.8 Å². The molecule has 2 aliphatic rings. The van der Waals surface area contributed by atoms with Gasteiger partial charge in [0, 0.05) is 30.5 Å². The van der Waals surface area contributed by atoms with E-state index in [1.165, 1.54) is 70.3 Å². The maximum atomic E-state index is 5.37. The van der Waals surface area contributed by atoms with E-state index in [0.29, 0.717) is 11.9 Å². The van der Waals surface area contributed by atoms with E-state index in [9.17, 15) is 0 Å². The maximum Gasteiger partial charge on any atom is 0.195 e. The van der Waals surface area contributed by atoms with Crippen LogP contribution in [0.15, 0.2) is 35.2 Å². The second-order valence-corrected chi connectivity index (χ2v) is 7.35.